The van der Waals surface area contributed by atoms with E-state index in [1.54, 1.807) is 17.5 Å². The molecule has 2 aromatic heterocycles. The zero-order chi connectivity index (χ0) is 18.7. The maximum Gasteiger partial charge on any atom is 0.437 e. The number of rotatable bonds is 6. The highest BCUT2D eigenvalue weighted by molar-refractivity contribution is 7.13. The van der Waals surface area contributed by atoms with E-state index in [-0.39, 0.29) is 18.9 Å². The van der Waals surface area contributed by atoms with Crippen molar-refractivity contribution in [2.45, 2.75) is 13.0 Å². The molecule has 134 valence electrons. The molecule has 3 rings (SSSR count). The van der Waals surface area contributed by atoms with Gasteiger partial charge in [0.25, 0.3) is 5.89 Å². The van der Waals surface area contributed by atoms with Gasteiger partial charge in [-0.15, -0.1) is 16.4 Å². The number of nitro benzene ring substituents is 1. The third-order valence-electron chi connectivity index (χ3n) is 3.21. The maximum atomic E-state index is 13.2. The predicted octanol–water partition coefficient (Wildman–Crippen LogP) is 2.61. The van der Waals surface area contributed by atoms with Crippen LogP contribution in [-0.2, 0) is 11.3 Å². The Morgan fingerprint density at radius 3 is 2.92 bits per heavy atom. The van der Waals surface area contributed by atoms with Gasteiger partial charge < -0.3 is 9.15 Å². The Kier molecular flexibility index (Phi) is 4.89. The van der Waals surface area contributed by atoms with E-state index >= 15 is 0 Å². The first-order chi connectivity index (χ1) is 12.4. The summed E-state index contributed by atoms with van der Waals surface area (Å²) in [5, 5.41) is 16.6. The minimum atomic E-state index is -0.883. The molecule has 26 heavy (non-hydrogen) atoms. The summed E-state index contributed by atoms with van der Waals surface area (Å²) in [4.78, 5) is 34.4. The lowest BCUT2D eigenvalue weighted by Crippen LogP contribution is -2.20. The van der Waals surface area contributed by atoms with Crippen molar-refractivity contribution < 1.29 is 23.3 Å². The van der Waals surface area contributed by atoms with Crippen molar-refractivity contribution >= 4 is 23.0 Å². The molecule has 0 atom stereocenters. The lowest BCUT2D eigenvalue weighted by atomic mass is 10.3. The van der Waals surface area contributed by atoms with E-state index in [9.17, 15) is 24.1 Å². The summed E-state index contributed by atoms with van der Waals surface area (Å²) >= 11 is 1.33. The Morgan fingerprint density at radius 2 is 2.23 bits per heavy atom. The van der Waals surface area contributed by atoms with Crippen molar-refractivity contribution in [2.75, 3.05) is 0 Å². The minimum absolute atomic E-state index is 0.124. The number of hydrogen-bond acceptors (Lipinski definition) is 8. The van der Waals surface area contributed by atoms with Gasteiger partial charge in [0.1, 0.15) is 5.82 Å². The number of hydrogen-bond donors (Lipinski definition) is 0. The van der Waals surface area contributed by atoms with E-state index in [1.807, 2.05) is 0 Å². The fraction of sp³-hybridized carbons (Fsp3) is 0.133. The van der Waals surface area contributed by atoms with Crippen molar-refractivity contribution in [3.63, 3.8) is 0 Å². The number of esters is 1. The Balaban J connectivity index is 1.68. The molecule has 0 bridgehead atoms. The third-order valence-corrected chi connectivity index (χ3v) is 4.07. The van der Waals surface area contributed by atoms with Crippen LogP contribution < -0.4 is 10.5 Å². The van der Waals surface area contributed by atoms with Gasteiger partial charge in [-0.3, -0.25) is 14.9 Å². The number of nitrogens with zero attached hydrogens (tertiary/aromatic N) is 3. The van der Waals surface area contributed by atoms with Crippen molar-refractivity contribution in [3.8, 4) is 16.5 Å². The van der Waals surface area contributed by atoms with Crippen molar-refractivity contribution in [1.82, 2.24) is 9.78 Å². The molecule has 2 heterocycles. The zero-order valence-corrected chi connectivity index (χ0v) is 13.8. The number of thiophene rings is 1. The first kappa shape index (κ1) is 17.5. The van der Waals surface area contributed by atoms with Crippen LogP contribution in [0.5, 0.6) is 5.75 Å². The summed E-state index contributed by atoms with van der Waals surface area (Å²) in [7, 11) is 0. The third kappa shape index (κ3) is 3.83. The standard InChI is InChI=1S/C15H10FN3O6S/c16-9-3-4-10(19(22)23)11(8-9)24-13(20)5-6-18-15(21)25-14(17-18)12-2-1-7-26-12/h1-4,7-8H,5-6H2. The van der Waals surface area contributed by atoms with Gasteiger partial charge in [-0.1, -0.05) is 6.07 Å². The molecule has 9 nitrogen and oxygen atoms in total. The number of carbonyl (C=O) groups excluding carboxylic acids is 1. The molecule has 0 unspecified atom stereocenters. The zero-order valence-electron chi connectivity index (χ0n) is 13.0. The lowest BCUT2D eigenvalue weighted by molar-refractivity contribution is -0.385. The molecule has 0 saturated heterocycles. The van der Waals surface area contributed by atoms with Gasteiger partial charge in [-0.2, -0.15) is 4.68 Å². The second-order valence-corrected chi connectivity index (χ2v) is 5.91. The number of aryl methyl sites for hydroxylation is 1. The molecular formula is C15H10FN3O6S. The maximum absolute atomic E-state index is 13.2. The van der Waals surface area contributed by atoms with Crippen molar-refractivity contribution in [1.29, 1.82) is 0 Å². The van der Waals surface area contributed by atoms with Crippen LogP contribution in [0.2, 0.25) is 0 Å². The van der Waals surface area contributed by atoms with E-state index in [2.05, 4.69) is 5.10 Å². The van der Waals surface area contributed by atoms with Crippen molar-refractivity contribution in [3.05, 3.63) is 62.2 Å². The molecule has 11 heteroatoms. The van der Waals surface area contributed by atoms with Gasteiger partial charge in [0, 0.05) is 12.1 Å². The van der Waals surface area contributed by atoms with E-state index in [0.717, 1.165) is 22.9 Å². The summed E-state index contributed by atoms with van der Waals surface area (Å²) in [5.41, 5.74) is -0.543. The van der Waals surface area contributed by atoms with Gasteiger partial charge >= 0.3 is 17.4 Å². The normalized spacial score (nSPS) is 10.7. The summed E-state index contributed by atoms with van der Waals surface area (Å²) in [6.45, 7) is -0.157. The first-order valence-corrected chi connectivity index (χ1v) is 8.08. The molecule has 0 aliphatic rings. The highest BCUT2D eigenvalue weighted by Crippen LogP contribution is 2.27. The minimum Gasteiger partial charge on any atom is -0.419 e. The Bertz CT molecular complexity index is 1010. The quantitative estimate of drug-likeness (QED) is 0.280. The lowest BCUT2D eigenvalue weighted by Gasteiger charge is -2.04. The van der Waals surface area contributed by atoms with Gasteiger partial charge in [0.05, 0.1) is 22.8 Å². The number of aromatic nitrogens is 2. The SMILES string of the molecule is O=C(CCn1nc(-c2cccs2)oc1=O)Oc1cc(F)ccc1[N+](=O)[O-]. The summed E-state index contributed by atoms with van der Waals surface area (Å²) < 4.78 is 24.0. The summed E-state index contributed by atoms with van der Waals surface area (Å²) in [5.74, 6) is -2.80. The van der Waals surface area contributed by atoms with Crippen LogP contribution >= 0.6 is 11.3 Å². The highest BCUT2D eigenvalue weighted by Gasteiger charge is 2.19. The molecule has 0 fully saturated rings. The van der Waals surface area contributed by atoms with Crippen LogP contribution in [0.4, 0.5) is 10.1 Å². The van der Waals surface area contributed by atoms with Crippen molar-refractivity contribution in [2.24, 2.45) is 0 Å². The Morgan fingerprint density at radius 1 is 1.42 bits per heavy atom. The fourth-order valence-corrected chi connectivity index (χ4v) is 2.68. The first-order valence-electron chi connectivity index (χ1n) is 7.20. The molecule has 0 N–H and O–H groups in total. The summed E-state index contributed by atoms with van der Waals surface area (Å²) in [6, 6.07) is 6.01. The molecule has 1 aromatic carbocycles. The molecule has 0 saturated carbocycles. The molecule has 0 radical (unpaired) electrons. The largest absolute Gasteiger partial charge is 0.437 e. The summed E-state index contributed by atoms with van der Waals surface area (Å²) in [6.07, 6.45) is -0.315. The second kappa shape index (κ2) is 7.27. The van der Waals surface area contributed by atoms with Crippen LogP contribution in [-0.4, -0.2) is 20.7 Å². The number of carbonyl (C=O) groups is 1. The number of nitro groups is 1. The van der Waals surface area contributed by atoms with E-state index in [0.29, 0.717) is 4.88 Å². The number of benzene rings is 1. The van der Waals surface area contributed by atoms with E-state index in [4.69, 9.17) is 9.15 Å². The Hall–Kier alpha value is -3.34. The number of halogens is 1. The molecule has 0 amide bonds. The molecule has 0 spiro atoms. The Labute approximate surface area is 148 Å². The van der Waals surface area contributed by atoms with E-state index < -0.39 is 33.9 Å². The molecular weight excluding hydrogens is 369 g/mol. The number of ether oxygens (including phenoxy) is 1. The smallest absolute Gasteiger partial charge is 0.419 e. The molecule has 0 aliphatic heterocycles. The van der Waals surface area contributed by atoms with Crippen LogP contribution in [0.15, 0.2) is 44.9 Å². The highest BCUT2D eigenvalue weighted by atomic mass is 32.1. The molecule has 0 aliphatic carbocycles. The average Bonchev–Trinajstić information content (AvgIpc) is 3.22. The monoisotopic (exact) mass is 379 g/mol. The van der Waals surface area contributed by atoms with E-state index in [1.165, 1.54) is 11.3 Å². The average molecular weight is 379 g/mol. The fourth-order valence-electron chi connectivity index (χ4n) is 2.04. The van der Waals surface area contributed by atoms with Gasteiger partial charge in [-0.05, 0) is 17.5 Å². The van der Waals surface area contributed by atoms with Crippen LogP contribution in [0.3, 0.4) is 0 Å². The van der Waals surface area contributed by atoms with Crippen LogP contribution in [0, 0.1) is 15.9 Å². The van der Waals surface area contributed by atoms with Gasteiger partial charge in [0.2, 0.25) is 5.75 Å². The van der Waals surface area contributed by atoms with Gasteiger partial charge in [0.15, 0.2) is 0 Å². The topological polar surface area (TPSA) is 117 Å². The second-order valence-electron chi connectivity index (χ2n) is 4.97. The predicted molar refractivity (Wildman–Crippen MR) is 87.4 cm³/mol. The van der Waals surface area contributed by atoms with Crippen LogP contribution in [0.1, 0.15) is 6.42 Å². The molecule has 3 aromatic rings. The van der Waals surface area contributed by atoms with Gasteiger partial charge in [-0.25, -0.2) is 9.18 Å². The van der Waals surface area contributed by atoms with Crippen LogP contribution in [0.25, 0.3) is 10.8 Å².